The van der Waals surface area contributed by atoms with E-state index in [1.807, 2.05) is 6.07 Å². The molecule has 0 radical (unpaired) electrons. The van der Waals surface area contributed by atoms with Crippen molar-refractivity contribution in [2.75, 3.05) is 0 Å². The van der Waals surface area contributed by atoms with Crippen LogP contribution in [0.1, 0.15) is 36.3 Å². The summed E-state index contributed by atoms with van der Waals surface area (Å²) in [6, 6.07) is 5.78. The highest BCUT2D eigenvalue weighted by molar-refractivity contribution is 7.15. The number of hydrogen-bond acceptors (Lipinski definition) is 3. The summed E-state index contributed by atoms with van der Waals surface area (Å²) in [4.78, 5) is 21.4. The van der Waals surface area contributed by atoms with Crippen LogP contribution in [0.3, 0.4) is 0 Å². The maximum absolute atomic E-state index is 11.6. The first-order valence-corrected chi connectivity index (χ1v) is 6.78. The molecule has 0 bridgehead atoms. The summed E-state index contributed by atoms with van der Waals surface area (Å²) < 4.78 is 0. The largest absolute Gasteiger partial charge is 0.306 e. The van der Waals surface area contributed by atoms with Gasteiger partial charge in [-0.1, -0.05) is 6.92 Å². The van der Waals surface area contributed by atoms with Crippen molar-refractivity contribution in [2.24, 2.45) is 0 Å². The highest BCUT2D eigenvalue weighted by atomic mass is 32.1. The van der Waals surface area contributed by atoms with Crippen molar-refractivity contribution in [1.82, 2.24) is 9.97 Å². The molecular formula is C13H14N2OS. The molecule has 88 valence electrons. The Morgan fingerprint density at radius 3 is 2.94 bits per heavy atom. The molecule has 0 atom stereocenters. The zero-order valence-corrected chi connectivity index (χ0v) is 10.5. The van der Waals surface area contributed by atoms with Gasteiger partial charge in [-0.25, -0.2) is 4.98 Å². The van der Waals surface area contributed by atoms with Crippen LogP contribution < -0.4 is 5.56 Å². The summed E-state index contributed by atoms with van der Waals surface area (Å²) >= 11 is 1.70. The molecule has 0 unspecified atom stereocenters. The van der Waals surface area contributed by atoms with E-state index in [4.69, 9.17) is 0 Å². The van der Waals surface area contributed by atoms with Crippen molar-refractivity contribution < 1.29 is 0 Å². The van der Waals surface area contributed by atoms with Crippen LogP contribution in [-0.2, 0) is 6.42 Å². The van der Waals surface area contributed by atoms with Crippen LogP contribution in [0.2, 0.25) is 0 Å². The van der Waals surface area contributed by atoms with E-state index in [1.165, 1.54) is 17.7 Å². The number of aryl methyl sites for hydroxylation is 1. The van der Waals surface area contributed by atoms with Gasteiger partial charge in [-0.05, 0) is 31.4 Å². The summed E-state index contributed by atoms with van der Waals surface area (Å²) in [5.41, 5.74) is 0.915. The van der Waals surface area contributed by atoms with Crippen molar-refractivity contribution in [3.63, 3.8) is 0 Å². The van der Waals surface area contributed by atoms with E-state index in [-0.39, 0.29) is 5.56 Å². The highest BCUT2D eigenvalue weighted by Crippen LogP contribution is 2.39. The number of H-pyrrole nitrogens is 1. The first-order valence-electron chi connectivity index (χ1n) is 5.96. The Morgan fingerprint density at radius 2 is 2.29 bits per heavy atom. The van der Waals surface area contributed by atoms with Crippen molar-refractivity contribution in [2.45, 2.75) is 32.1 Å². The van der Waals surface area contributed by atoms with Crippen LogP contribution in [0, 0.1) is 0 Å². The number of nitrogens with zero attached hydrogens (tertiary/aromatic N) is 1. The molecule has 2 aromatic rings. The summed E-state index contributed by atoms with van der Waals surface area (Å²) in [5, 5.41) is 0. The number of rotatable bonds is 3. The summed E-state index contributed by atoms with van der Waals surface area (Å²) in [6.07, 6.45) is 3.36. The predicted octanol–water partition coefficient (Wildman–Crippen LogP) is 2.94. The van der Waals surface area contributed by atoms with Crippen LogP contribution >= 0.6 is 11.3 Å². The van der Waals surface area contributed by atoms with Gasteiger partial charge in [-0.15, -0.1) is 11.3 Å². The lowest BCUT2D eigenvalue weighted by molar-refractivity contribution is 0.979. The molecule has 3 nitrogen and oxygen atoms in total. The smallest absolute Gasteiger partial charge is 0.251 e. The van der Waals surface area contributed by atoms with Gasteiger partial charge in [0.25, 0.3) is 5.56 Å². The average Bonchev–Trinajstić information content (AvgIpc) is 3.06. The lowest BCUT2D eigenvalue weighted by atomic mass is 10.3. The Balaban J connectivity index is 2.04. The van der Waals surface area contributed by atoms with Crippen molar-refractivity contribution in [1.29, 1.82) is 0 Å². The molecule has 1 aliphatic carbocycles. The van der Waals surface area contributed by atoms with E-state index in [2.05, 4.69) is 23.0 Å². The van der Waals surface area contributed by atoms with Crippen LogP contribution in [0.5, 0.6) is 0 Å². The monoisotopic (exact) mass is 246 g/mol. The maximum atomic E-state index is 11.6. The van der Waals surface area contributed by atoms with Crippen molar-refractivity contribution in [3.8, 4) is 10.7 Å². The topological polar surface area (TPSA) is 45.8 Å². The Kier molecular flexibility index (Phi) is 2.59. The molecule has 3 rings (SSSR count). The van der Waals surface area contributed by atoms with Gasteiger partial charge >= 0.3 is 0 Å². The normalized spacial score (nSPS) is 15.1. The maximum Gasteiger partial charge on any atom is 0.251 e. The SMILES string of the molecule is CCc1ccc(-c2nc(C3CC3)cc(=O)[nH]2)s1. The first kappa shape index (κ1) is 10.7. The number of hydrogen-bond donors (Lipinski definition) is 1. The molecule has 1 saturated carbocycles. The second kappa shape index (κ2) is 4.11. The molecule has 0 aliphatic heterocycles. The van der Waals surface area contributed by atoms with Gasteiger partial charge in [-0.3, -0.25) is 4.79 Å². The Hall–Kier alpha value is -1.42. The molecule has 17 heavy (non-hydrogen) atoms. The van der Waals surface area contributed by atoms with E-state index in [9.17, 15) is 4.79 Å². The summed E-state index contributed by atoms with van der Waals surface area (Å²) in [5.74, 6) is 1.24. The fourth-order valence-corrected chi connectivity index (χ4v) is 2.77. The third-order valence-corrected chi connectivity index (χ3v) is 4.24. The molecule has 1 N–H and O–H groups in total. The number of aromatic amines is 1. The van der Waals surface area contributed by atoms with Gasteiger partial charge in [0, 0.05) is 16.9 Å². The number of nitrogens with one attached hydrogen (secondary N) is 1. The van der Waals surface area contributed by atoms with Gasteiger partial charge in [0.1, 0.15) is 0 Å². The minimum atomic E-state index is -0.0386. The highest BCUT2D eigenvalue weighted by Gasteiger charge is 2.26. The predicted molar refractivity (Wildman–Crippen MR) is 69.5 cm³/mol. The van der Waals surface area contributed by atoms with Crippen LogP contribution in [0.25, 0.3) is 10.7 Å². The van der Waals surface area contributed by atoms with Gasteiger partial charge < -0.3 is 4.98 Å². The third-order valence-electron chi connectivity index (χ3n) is 3.00. The molecule has 0 aromatic carbocycles. The van der Waals surface area contributed by atoms with Gasteiger partial charge in [0.05, 0.1) is 10.6 Å². The van der Waals surface area contributed by atoms with E-state index < -0.39 is 0 Å². The molecule has 2 aromatic heterocycles. The van der Waals surface area contributed by atoms with Crippen molar-refractivity contribution in [3.05, 3.63) is 39.1 Å². The third kappa shape index (κ3) is 2.17. The average molecular weight is 246 g/mol. The van der Waals surface area contributed by atoms with E-state index in [0.29, 0.717) is 5.92 Å². The quantitative estimate of drug-likeness (QED) is 0.905. The zero-order valence-electron chi connectivity index (χ0n) is 9.69. The lowest BCUT2D eigenvalue weighted by Crippen LogP contribution is -2.09. The minimum absolute atomic E-state index is 0.0386. The Morgan fingerprint density at radius 1 is 1.47 bits per heavy atom. The summed E-state index contributed by atoms with van der Waals surface area (Å²) in [6.45, 7) is 2.13. The molecular weight excluding hydrogens is 232 g/mol. The van der Waals surface area contributed by atoms with E-state index in [0.717, 1.165) is 22.8 Å². The fourth-order valence-electron chi connectivity index (χ4n) is 1.88. The molecule has 0 spiro atoms. The second-order valence-electron chi connectivity index (χ2n) is 4.41. The van der Waals surface area contributed by atoms with Crippen LogP contribution in [-0.4, -0.2) is 9.97 Å². The second-order valence-corrected chi connectivity index (χ2v) is 5.58. The minimum Gasteiger partial charge on any atom is -0.306 e. The van der Waals surface area contributed by atoms with Crippen LogP contribution in [0.4, 0.5) is 0 Å². The molecule has 0 saturated heterocycles. The van der Waals surface area contributed by atoms with Gasteiger partial charge in [0.2, 0.25) is 0 Å². The number of thiophene rings is 1. The zero-order chi connectivity index (χ0) is 11.8. The fraction of sp³-hybridized carbons (Fsp3) is 0.385. The number of aromatic nitrogens is 2. The first-order chi connectivity index (χ1) is 8.26. The van der Waals surface area contributed by atoms with E-state index in [1.54, 1.807) is 17.4 Å². The lowest BCUT2D eigenvalue weighted by Gasteiger charge is -2.00. The van der Waals surface area contributed by atoms with Crippen molar-refractivity contribution >= 4 is 11.3 Å². The van der Waals surface area contributed by atoms with Crippen LogP contribution in [0.15, 0.2) is 23.0 Å². The van der Waals surface area contributed by atoms with E-state index >= 15 is 0 Å². The molecule has 2 heterocycles. The molecule has 1 fully saturated rings. The Bertz CT molecular complexity index is 595. The standard InChI is InChI=1S/C13H14N2OS/c1-2-9-5-6-11(17-9)13-14-10(8-3-4-8)7-12(16)15-13/h5-8H,2-4H2,1H3,(H,14,15,16). The molecule has 0 amide bonds. The summed E-state index contributed by atoms with van der Waals surface area (Å²) in [7, 11) is 0. The molecule has 1 aliphatic rings. The Labute approximate surface area is 104 Å². The van der Waals surface area contributed by atoms with Gasteiger partial charge in [0.15, 0.2) is 5.82 Å². The molecule has 4 heteroatoms. The van der Waals surface area contributed by atoms with Gasteiger partial charge in [-0.2, -0.15) is 0 Å².